The van der Waals surface area contributed by atoms with E-state index in [-0.39, 0.29) is 0 Å². The van der Waals surface area contributed by atoms with Gasteiger partial charge >= 0.3 is 6.01 Å². The molecule has 6 heteroatoms. The molecular formula is C12H17BrClN3O. The minimum absolute atomic E-state index is 0.376. The van der Waals surface area contributed by atoms with E-state index in [1.807, 2.05) is 0 Å². The number of ether oxygens (including phenoxy) is 1. The van der Waals surface area contributed by atoms with Gasteiger partial charge in [0.05, 0.1) is 13.3 Å². The van der Waals surface area contributed by atoms with Crippen LogP contribution < -0.4 is 9.64 Å². The van der Waals surface area contributed by atoms with Gasteiger partial charge in [-0.1, -0.05) is 27.5 Å². The Labute approximate surface area is 121 Å². The van der Waals surface area contributed by atoms with Gasteiger partial charge in [-0.25, -0.2) is 4.98 Å². The molecule has 0 aromatic carbocycles. The first kappa shape index (κ1) is 13.9. The number of halogens is 2. The third-order valence-corrected chi connectivity index (χ3v) is 4.03. The average Bonchev–Trinajstić information content (AvgIpc) is 2.85. The van der Waals surface area contributed by atoms with Crippen molar-refractivity contribution in [1.29, 1.82) is 0 Å². The zero-order chi connectivity index (χ0) is 13.0. The van der Waals surface area contributed by atoms with Crippen LogP contribution in [0, 0.1) is 0 Å². The summed E-state index contributed by atoms with van der Waals surface area (Å²) in [5.41, 5.74) is 0. The SMILES string of the molecule is COc1ncc(Cl)c(N2CCCC2CCCBr)n1. The normalized spacial score (nSPS) is 19.3. The van der Waals surface area contributed by atoms with Gasteiger partial charge in [-0.2, -0.15) is 4.98 Å². The zero-order valence-corrected chi connectivity index (χ0v) is 12.7. The largest absolute Gasteiger partial charge is 0.467 e. The summed E-state index contributed by atoms with van der Waals surface area (Å²) in [4.78, 5) is 10.7. The van der Waals surface area contributed by atoms with Crippen molar-refractivity contribution < 1.29 is 4.74 Å². The molecule has 1 atom stereocenters. The molecule has 0 spiro atoms. The fourth-order valence-corrected chi connectivity index (χ4v) is 2.89. The molecule has 0 amide bonds. The average molecular weight is 335 g/mol. The van der Waals surface area contributed by atoms with Crippen LogP contribution in [0.15, 0.2) is 6.20 Å². The zero-order valence-electron chi connectivity index (χ0n) is 10.4. The predicted octanol–water partition coefficient (Wildman–Crippen LogP) is 3.28. The van der Waals surface area contributed by atoms with Crippen molar-refractivity contribution in [2.45, 2.75) is 31.7 Å². The third-order valence-electron chi connectivity index (χ3n) is 3.21. The van der Waals surface area contributed by atoms with Gasteiger partial charge in [0.25, 0.3) is 0 Å². The van der Waals surface area contributed by atoms with E-state index in [2.05, 4.69) is 30.8 Å². The minimum atomic E-state index is 0.376. The quantitative estimate of drug-likeness (QED) is 0.775. The molecule has 2 heterocycles. The van der Waals surface area contributed by atoms with E-state index < -0.39 is 0 Å². The summed E-state index contributed by atoms with van der Waals surface area (Å²) in [6.07, 6.45) is 6.34. The highest BCUT2D eigenvalue weighted by Gasteiger charge is 2.27. The lowest BCUT2D eigenvalue weighted by Gasteiger charge is -2.26. The van der Waals surface area contributed by atoms with Gasteiger partial charge in [-0.15, -0.1) is 0 Å². The Morgan fingerprint density at radius 2 is 2.44 bits per heavy atom. The Kier molecular flexibility index (Phi) is 5.06. The number of rotatable bonds is 5. The standard InChI is InChI=1S/C12H17BrClN3O/c1-18-12-15-8-10(14)11(16-12)17-7-3-5-9(17)4-2-6-13/h8-9H,2-7H2,1H3. The predicted molar refractivity (Wildman–Crippen MR) is 77.0 cm³/mol. The van der Waals surface area contributed by atoms with E-state index in [4.69, 9.17) is 16.3 Å². The van der Waals surface area contributed by atoms with Crippen LogP contribution in [0.4, 0.5) is 5.82 Å². The fraction of sp³-hybridized carbons (Fsp3) is 0.667. The minimum Gasteiger partial charge on any atom is -0.467 e. The Hall–Kier alpha value is -0.550. The first-order valence-corrected chi connectivity index (χ1v) is 7.65. The van der Waals surface area contributed by atoms with Crippen LogP contribution >= 0.6 is 27.5 Å². The third kappa shape index (κ3) is 3.06. The maximum atomic E-state index is 6.20. The van der Waals surface area contributed by atoms with Crippen molar-refractivity contribution in [3.63, 3.8) is 0 Å². The molecule has 1 aromatic heterocycles. The molecule has 2 rings (SSSR count). The van der Waals surface area contributed by atoms with Crippen molar-refractivity contribution >= 4 is 33.3 Å². The first-order chi connectivity index (χ1) is 8.76. The molecule has 0 radical (unpaired) electrons. The van der Waals surface area contributed by atoms with E-state index in [9.17, 15) is 0 Å². The molecule has 4 nitrogen and oxygen atoms in total. The molecule has 0 bridgehead atoms. The molecule has 0 saturated carbocycles. The monoisotopic (exact) mass is 333 g/mol. The number of hydrogen-bond acceptors (Lipinski definition) is 4. The smallest absolute Gasteiger partial charge is 0.318 e. The van der Waals surface area contributed by atoms with E-state index in [0.29, 0.717) is 17.1 Å². The summed E-state index contributed by atoms with van der Waals surface area (Å²) in [6, 6.07) is 0.903. The molecule has 1 unspecified atom stereocenters. The van der Waals surface area contributed by atoms with E-state index in [1.165, 1.54) is 19.3 Å². The molecule has 0 aliphatic carbocycles. The summed E-state index contributed by atoms with van der Waals surface area (Å²) in [7, 11) is 1.57. The van der Waals surface area contributed by atoms with Gasteiger partial charge in [0.15, 0.2) is 5.82 Å². The molecule has 1 aliphatic rings. The number of anilines is 1. The molecule has 100 valence electrons. The van der Waals surface area contributed by atoms with E-state index in [1.54, 1.807) is 13.3 Å². The topological polar surface area (TPSA) is 38.2 Å². The lowest BCUT2D eigenvalue weighted by molar-refractivity contribution is 0.379. The van der Waals surface area contributed by atoms with E-state index >= 15 is 0 Å². The highest BCUT2D eigenvalue weighted by Crippen LogP contribution is 2.32. The summed E-state index contributed by atoms with van der Waals surface area (Å²) < 4.78 is 5.07. The first-order valence-electron chi connectivity index (χ1n) is 6.15. The van der Waals surface area contributed by atoms with Crippen LogP contribution in [-0.4, -0.2) is 35.0 Å². The maximum absolute atomic E-state index is 6.20. The number of methoxy groups -OCH3 is 1. The highest BCUT2D eigenvalue weighted by molar-refractivity contribution is 9.09. The van der Waals surface area contributed by atoms with Crippen LogP contribution in [0.1, 0.15) is 25.7 Å². The number of aromatic nitrogens is 2. The van der Waals surface area contributed by atoms with E-state index in [0.717, 1.165) is 24.1 Å². The molecule has 1 fully saturated rings. The lowest BCUT2D eigenvalue weighted by atomic mass is 10.1. The molecule has 1 saturated heterocycles. The molecule has 18 heavy (non-hydrogen) atoms. The maximum Gasteiger partial charge on any atom is 0.318 e. The number of nitrogens with zero attached hydrogens (tertiary/aromatic N) is 3. The van der Waals surface area contributed by atoms with Crippen LogP contribution in [-0.2, 0) is 0 Å². The fourth-order valence-electron chi connectivity index (χ4n) is 2.37. The van der Waals surface area contributed by atoms with Crippen molar-refractivity contribution in [2.75, 3.05) is 23.9 Å². The van der Waals surface area contributed by atoms with Gasteiger partial charge in [0, 0.05) is 17.9 Å². The Morgan fingerprint density at radius 1 is 1.61 bits per heavy atom. The summed E-state index contributed by atoms with van der Waals surface area (Å²) in [5, 5.41) is 1.64. The van der Waals surface area contributed by atoms with Crippen molar-refractivity contribution in [1.82, 2.24) is 9.97 Å². The number of hydrogen-bond donors (Lipinski definition) is 0. The van der Waals surface area contributed by atoms with Gasteiger partial charge in [0.2, 0.25) is 0 Å². The van der Waals surface area contributed by atoms with Gasteiger partial charge in [-0.3, -0.25) is 0 Å². The Morgan fingerprint density at radius 3 is 3.17 bits per heavy atom. The van der Waals surface area contributed by atoms with Crippen molar-refractivity contribution in [3.05, 3.63) is 11.2 Å². The Balaban J connectivity index is 2.18. The lowest BCUT2D eigenvalue weighted by Crippen LogP contribution is -2.30. The van der Waals surface area contributed by atoms with Crippen molar-refractivity contribution in [3.8, 4) is 6.01 Å². The molecular weight excluding hydrogens is 318 g/mol. The second-order valence-electron chi connectivity index (χ2n) is 4.35. The second-order valence-corrected chi connectivity index (χ2v) is 5.55. The Bertz CT molecular complexity index is 405. The van der Waals surface area contributed by atoms with Crippen LogP contribution in [0.5, 0.6) is 6.01 Å². The van der Waals surface area contributed by atoms with Crippen LogP contribution in [0.3, 0.4) is 0 Å². The van der Waals surface area contributed by atoms with Crippen LogP contribution in [0.25, 0.3) is 0 Å². The molecule has 1 aliphatic heterocycles. The van der Waals surface area contributed by atoms with Gasteiger partial charge < -0.3 is 9.64 Å². The van der Waals surface area contributed by atoms with Crippen molar-refractivity contribution in [2.24, 2.45) is 0 Å². The molecule has 1 aromatic rings. The number of alkyl halides is 1. The molecule has 0 N–H and O–H groups in total. The van der Waals surface area contributed by atoms with Crippen LogP contribution in [0.2, 0.25) is 5.02 Å². The summed E-state index contributed by atoms with van der Waals surface area (Å²) in [5.74, 6) is 0.806. The summed E-state index contributed by atoms with van der Waals surface area (Å²) >= 11 is 9.68. The van der Waals surface area contributed by atoms with Gasteiger partial charge in [-0.05, 0) is 25.7 Å². The second kappa shape index (κ2) is 6.57. The van der Waals surface area contributed by atoms with Gasteiger partial charge in [0.1, 0.15) is 5.02 Å². The highest BCUT2D eigenvalue weighted by atomic mass is 79.9. The summed E-state index contributed by atoms with van der Waals surface area (Å²) in [6.45, 7) is 1.01.